The molecule has 6 nitrogen and oxygen atoms in total. The zero-order valence-electron chi connectivity index (χ0n) is 18.6. The Bertz CT molecular complexity index is 1310. The summed E-state index contributed by atoms with van der Waals surface area (Å²) in [5, 5.41) is 8.71. The molecule has 10 heteroatoms. The molecule has 0 amide bonds. The number of hydrogen-bond donors (Lipinski definition) is 1. The summed E-state index contributed by atoms with van der Waals surface area (Å²) in [5.74, 6) is -1.34. The number of benzene rings is 3. The third kappa shape index (κ3) is 6.42. The van der Waals surface area contributed by atoms with Crippen molar-refractivity contribution < 1.29 is 36.2 Å². The fraction of sp³-hybridized carbons (Fsp3) is 0.160. The van der Waals surface area contributed by atoms with Gasteiger partial charge >= 0.3 is 12.1 Å². The van der Waals surface area contributed by atoms with Crippen LogP contribution in [0.5, 0.6) is 5.75 Å². The van der Waals surface area contributed by atoms with Crippen molar-refractivity contribution in [3.05, 3.63) is 95.6 Å². The molecule has 0 spiro atoms. The Hall–Kier alpha value is -3.79. The second-order valence-corrected chi connectivity index (χ2v) is 9.23. The fourth-order valence-corrected chi connectivity index (χ4v) is 4.76. The zero-order chi connectivity index (χ0) is 25.6. The number of aliphatic carboxylic acids is 1. The van der Waals surface area contributed by atoms with Crippen LogP contribution in [0.4, 0.5) is 18.9 Å². The molecule has 0 heterocycles. The predicted octanol–water partition coefficient (Wildman–Crippen LogP) is 5.60. The first-order valence-corrected chi connectivity index (χ1v) is 11.9. The number of sulfonamides is 1. The van der Waals surface area contributed by atoms with Gasteiger partial charge in [-0.3, -0.25) is 4.31 Å². The van der Waals surface area contributed by atoms with Gasteiger partial charge in [0.05, 0.1) is 16.1 Å². The highest BCUT2D eigenvalue weighted by Gasteiger charge is 2.33. The van der Waals surface area contributed by atoms with Crippen molar-refractivity contribution in [3.63, 3.8) is 0 Å². The van der Waals surface area contributed by atoms with Gasteiger partial charge in [-0.05, 0) is 54.5 Å². The lowest BCUT2D eigenvalue weighted by atomic mass is 10.1. The number of anilines is 1. The van der Waals surface area contributed by atoms with Crippen molar-refractivity contribution in [2.45, 2.75) is 24.6 Å². The number of nitrogens with zero attached hydrogens (tertiary/aromatic N) is 1. The average molecular weight is 506 g/mol. The first kappa shape index (κ1) is 25.8. The van der Waals surface area contributed by atoms with Gasteiger partial charge in [0.2, 0.25) is 0 Å². The molecule has 0 aliphatic carbocycles. The average Bonchev–Trinajstić information content (AvgIpc) is 2.82. The smallest absolute Gasteiger partial charge is 0.416 e. The highest BCUT2D eigenvalue weighted by atomic mass is 32.2. The second kappa shape index (κ2) is 10.6. The quantitative estimate of drug-likeness (QED) is 0.383. The van der Waals surface area contributed by atoms with Gasteiger partial charge in [-0.25, -0.2) is 13.2 Å². The maximum Gasteiger partial charge on any atom is 0.416 e. The van der Waals surface area contributed by atoms with Gasteiger partial charge in [-0.1, -0.05) is 42.5 Å². The van der Waals surface area contributed by atoms with Crippen LogP contribution in [0.3, 0.4) is 0 Å². The van der Waals surface area contributed by atoms with Gasteiger partial charge in [0.15, 0.2) is 0 Å². The van der Waals surface area contributed by atoms with Crippen molar-refractivity contribution in [2.75, 3.05) is 10.8 Å². The molecular formula is C25H22F3NO5S. The van der Waals surface area contributed by atoms with Gasteiger partial charge in [0.1, 0.15) is 12.4 Å². The zero-order valence-corrected chi connectivity index (χ0v) is 19.4. The maximum atomic E-state index is 13.4. The minimum absolute atomic E-state index is 0.00213. The van der Waals surface area contributed by atoms with Crippen molar-refractivity contribution in [1.29, 1.82) is 0 Å². The molecule has 0 aliphatic rings. The lowest BCUT2D eigenvalue weighted by Crippen LogP contribution is -2.31. The molecule has 0 bridgehead atoms. The molecule has 35 heavy (non-hydrogen) atoms. The van der Waals surface area contributed by atoms with Crippen LogP contribution < -0.4 is 9.04 Å². The van der Waals surface area contributed by atoms with Crippen LogP contribution in [-0.4, -0.2) is 26.0 Å². The SMILES string of the molecule is CCN(c1ccc(C(F)(F)F)cc1OCc1ccc(C=CC(=O)O)cc1)S(=O)(=O)c1ccccc1. The first-order valence-electron chi connectivity index (χ1n) is 10.4. The lowest BCUT2D eigenvalue weighted by Gasteiger charge is -2.26. The van der Waals surface area contributed by atoms with Crippen LogP contribution in [0.15, 0.2) is 83.8 Å². The Morgan fingerprint density at radius 1 is 1.03 bits per heavy atom. The molecule has 0 saturated carbocycles. The van der Waals surface area contributed by atoms with Crippen LogP contribution in [0, 0.1) is 0 Å². The molecule has 3 aromatic rings. The van der Waals surface area contributed by atoms with Gasteiger partial charge < -0.3 is 9.84 Å². The number of carboxylic acid groups (broad SMARTS) is 1. The molecule has 0 atom stereocenters. The Balaban J connectivity index is 1.95. The van der Waals surface area contributed by atoms with Crippen LogP contribution in [-0.2, 0) is 27.6 Å². The van der Waals surface area contributed by atoms with Crippen LogP contribution in [0.2, 0.25) is 0 Å². The maximum absolute atomic E-state index is 13.4. The van der Waals surface area contributed by atoms with E-state index in [9.17, 15) is 26.4 Å². The molecule has 184 valence electrons. The second-order valence-electron chi connectivity index (χ2n) is 7.36. The number of hydrogen-bond acceptors (Lipinski definition) is 4. The molecular weight excluding hydrogens is 483 g/mol. The third-order valence-corrected chi connectivity index (χ3v) is 6.87. The van der Waals surface area contributed by atoms with Crippen LogP contribution in [0.1, 0.15) is 23.6 Å². The number of halogens is 3. The first-order chi connectivity index (χ1) is 16.5. The Morgan fingerprint density at radius 3 is 2.26 bits per heavy atom. The van der Waals surface area contributed by atoms with E-state index in [2.05, 4.69) is 0 Å². The van der Waals surface area contributed by atoms with E-state index in [1.807, 2.05) is 0 Å². The van der Waals surface area contributed by atoms with Crippen LogP contribution >= 0.6 is 0 Å². The third-order valence-electron chi connectivity index (χ3n) is 4.97. The largest absolute Gasteiger partial charge is 0.487 e. The van der Waals surface area contributed by atoms with Crippen molar-refractivity contribution >= 4 is 27.8 Å². The molecule has 3 rings (SSSR count). The minimum Gasteiger partial charge on any atom is -0.487 e. The standard InChI is InChI=1S/C25H22F3NO5S/c1-2-29(35(32,33)21-6-4-3-5-7-21)22-14-13-20(25(26,27)28)16-23(22)34-17-19-10-8-18(9-11-19)12-15-24(30)31/h3-16H,2,17H2,1H3,(H,30,31). The highest BCUT2D eigenvalue weighted by Crippen LogP contribution is 2.38. The molecule has 0 saturated heterocycles. The van der Waals surface area contributed by atoms with Gasteiger partial charge in [-0.15, -0.1) is 0 Å². The predicted molar refractivity (Wildman–Crippen MR) is 126 cm³/mol. The molecule has 0 radical (unpaired) electrons. The summed E-state index contributed by atoms with van der Waals surface area (Å²) < 4.78 is 73.3. The van der Waals surface area contributed by atoms with Gasteiger partial charge in [0, 0.05) is 12.6 Å². The summed E-state index contributed by atoms with van der Waals surface area (Å²) in [6, 6.07) is 16.8. The number of ether oxygens (including phenoxy) is 1. The normalized spacial score (nSPS) is 12.0. The van der Waals surface area contributed by atoms with E-state index in [4.69, 9.17) is 9.84 Å². The molecule has 0 fully saturated rings. The molecule has 0 aromatic heterocycles. The summed E-state index contributed by atoms with van der Waals surface area (Å²) in [6.45, 7) is 1.40. The van der Waals surface area contributed by atoms with E-state index >= 15 is 0 Å². The minimum atomic E-state index is -4.65. The Kier molecular flexibility index (Phi) is 7.85. The monoisotopic (exact) mass is 505 g/mol. The summed E-state index contributed by atoms with van der Waals surface area (Å²) in [4.78, 5) is 10.6. The van der Waals surface area contributed by atoms with Crippen molar-refractivity contribution in [1.82, 2.24) is 0 Å². The number of carbonyl (C=O) groups is 1. The van der Waals surface area contributed by atoms with E-state index in [0.717, 1.165) is 28.6 Å². The number of carboxylic acids is 1. The van der Waals surface area contributed by atoms with E-state index in [1.54, 1.807) is 49.4 Å². The summed E-state index contributed by atoms with van der Waals surface area (Å²) in [7, 11) is -4.06. The van der Waals surface area contributed by atoms with Crippen LogP contribution in [0.25, 0.3) is 6.08 Å². The van der Waals surface area contributed by atoms with Gasteiger partial charge in [-0.2, -0.15) is 13.2 Å². The highest BCUT2D eigenvalue weighted by molar-refractivity contribution is 7.92. The van der Waals surface area contributed by atoms with Crippen molar-refractivity contribution in [3.8, 4) is 5.75 Å². The topological polar surface area (TPSA) is 83.9 Å². The summed E-state index contributed by atoms with van der Waals surface area (Å²) in [6.07, 6.45) is -2.28. The van der Waals surface area contributed by atoms with Crippen molar-refractivity contribution in [2.24, 2.45) is 0 Å². The fourth-order valence-electron chi connectivity index (χ4n) is 3.26. The number of rotatable bonds is 9. The Labute approximate surface area is 200 Å². The van der Waals surface area contributed by atoms with E-state index in [-0.39, 0.29) is 29.5 Å². The molecule has 0 unspecified atom stereocenters. The van der Waals surface area contributed by atoms with Gasteiger partial charge in [0.25, 0.3) is 10.0 Å². The lowest BCUT2D eigenvalue weighted by molar-refractivity contribution is -0.137. The molecule has 1 N–H and O–H groups in total. The van der Waals surface area contributed by atoms with E-state index in [0.29, 0.717) is 11.1 Å². The summed E-state index contributed by atoms with van der Waals surface area (Å²) >= 11 is 0. The summed E-state index contributed by atoms with van der Waals surface area (Å²) in [5.41, 5.74) is 0.209. The van der Waals surface area contributed by atoms with E-state index < -0.39 is 27.7 Å². The molecule has 3 aromatic carbocycles. The Morgan fingerprint density at radius 2 is 1.69 bits per heavy atom. The van der Waals surface area contributed by atoms with E-state index in [1.165, 1.54) is 18.2 Å². The molecule has 0 aliphatic heterocycles. The number of alkyl halides is 3.